The maximum absolute atomic E-state index is 4.16. The van der Waals surface area contributed by atoms with E-state index in [4.69, 9.17) is 0 Å². The zero-order valence-corrected chi connectivity index (χ0v) is 8.44. The van der Waals surface area contributed by atoms with Crippen LogP contribution in [0.25, 0.3) is 0 Å². The largest absolute Gasteiger partial charge is 0.311 e. The molecule has 2 heterocycles. The molecule has 3 heteroatoms. The van der Waals surface area contributed by atoms with Gasteiger partial charge in [-0.15, -0.1) is 0 Å². The Labute approximate surface area is 82.5 Å². The molecule has 1 aliphatic heterocycles. The third kappa shape index (κ3) is 1.22. The lowest BCUT2D eigenvalue weighted by molar-refractivity contribution is 0.181. The highest BCUT2D eigenvalue weighted by atomic mass is 32.1. The fraction of sp³-hybridized carbons (Fsp3) is 0.700. The first-order chi connectivity index (χ1) is 6.38. The molecule has 1 spiro atoms. The van der Waals surface area contributed by atoms with Crippen LogP contribution in [0.5, 0.6) is 0 Å². The molecule has 1 aromatic rings. The van der Waals surface area contributed by atoms with Crippen LogP contribution in [0.1, 0.15) is 36.5 Å². The lowest BCUT2D eigenvalue weighted by Crippen LogP contribution is -2.49. The van der Waals surface area contributed by atoms with Gasteiger partial charge in [0.1, 0.15) is 0 Å². The molecule has 3 rings (SSSR count). The monoisotopic (exact) mass is 194 g/mol. The summed E-state index contributed by atoms with van der Waals surface area (Å²) in [7, 11) is 0. The average molecular weight is 194 g/mol. The number of rotatable bonds is 1. The molecule has 2 aliphatic rings. The number of hydrogen-bond donors (Lipinski definition) is 1. The first-order valence-corrected chi connectivity index (χ1v) is 5.81. The Bertz CT molecular complexity index is 280. The van der Waals surface area contributed by atoms with E-state index in [2.05, 4.69) is 15.8 Å². The third-order valence-electron chi connectivity index (χ3n) is 3.47. The number of nitrogens with zero attached hydrogens (tertiary/aromatic N) is 1. The summed E-state index contributed by atoms with van der Waals surface area (Å²) in [4.78, 5) is 1.49. The minimum Gasteiger partial charge on any atom is -0.311 e. The predicted octanol–water partition coefficient (Wildman–Crippen LogP) is 2.14. The van der Waals surface area contributed by atoms with Crippen LogP contribution in [0.3, 0.4) is 0 Å². The van der Waals surface area contributed by atoms with Gasteiger partial charge in [-0.05, 0) is 55.7 Å². The second-order valence-electron chi connectivity index (χ2n) is 4.33. The van der Waals surface area contributed by atoms with Gasteiger partial charge < -0.3 is 5.32 Å². The van der Waals surface area contributed by atoms with Gasteiger partial charge in [-0.3, -0.25) is 0 Å². The van der Waals surface area contributed by atoms with E-state index in [9.17, 15) is 0 Å². The maximum Gasteiger partial charge on any atom is 0.0409 e. The van der Waals surface area contributed by atoms with Crippen molar-refractivity contribution < 1.29 is 0 Å². The normalized spacial score (nSPS) is 38.0. The molecule has 0 amide bonds. The van der Waals surface area contributed by atoms with Crippen molar-refractivity contribution in [3.05, 3.63) is 17.1 Å². The predicted molar refractivity (Wildman–Crippen MR) is 54.1 cm³/mol. The zero-order valence-electron chi connectivity index (χ0n) is 7.62. The zero-order chi connectivity index (χ0) is 8.73. The lowest BCUT2D eigenvalue weighted by atomic mass is 9.67. The van der Waals surface area contributed by atoms with E-state index in [-0.39, 0.29) is 0 Å². The molecule has 1 aromatic heterocycles. The fourth-order valence-electron chi connectivity index (χ4n) is 2.74. The topological polar surface area (TPSA) is 24.9 Å². The van der Waals surface area contributed by atoms with Crippen LogP contribution in [-0.4, -0.2) is 16.5 Å². The average Bonchev–Trinajstić information content (AvgIpc) is 2.72. The molecule has 0 aromatic carbocycles. The number of hydrogen-bond acceptors (Lipinski definition) is 3. The Morgan fingerprint density at radius 1 is 1.54 bits per heavy atom. The van der Waals surface area contributed by atoms with Gasteiger partial charge in [0.2, 0.25) is 0 Å². The van der Waals surface area contributed by atoms with Crippen LogP contribution >= 0.6 is 11.5 Å². The molecule has 0 unspecified atom stereocenters. The van der Waals surface area contributed by atoms with E-state index in [1.54, 1.807) is 11.5 Å². The highest BCUT2D eigenvalue weighted by molar-refractivity contribution is 7.05. The number of nitrogens with one attached hydrogen (secondary N) is 1. The highest BCUT2D eigenvalue weighted by Gasteiger charge is 2.46. The van der Waals surface area contributed by atoms with Crippen LogP contribution in [-0.2, 0) is 0 Å². The van der Waals surface area contributed by atoms with E-state index in [0.717, 1.165) is 5.92 Å². The molecule has 0 bridgehead atoms. The molecule has 13 heavy (non-hydrogen) atoms. The summed E-state index contributed by atoms with van der Waals surface area (Å²) in [5.41, 5.74) is 0.536. The summed E-state index contributed by atoms with van der Waals surface area (Å²) < 4.78 is 4.16. The molecule has 1 aliphatic carbocycles. The van der Waals surface area contributed by atoms with Crippen LogP contribution in [0.2, 0.25) is 0 Å². The molecule has 0 atom stereocenters. The summed E-state index contributed by atoms with van der Waals surface area (Å²) >= 11 is 1.67. The molecule has 1 saturated carbocycles. The van der Waals surface area contributed by atoms with Crippen LogP contribution in [0.4, 0.5) is 0 Å². The van der Waals surface area contributed by atoms with Crippen molar-refractivity contribution in [3.8, 4) is 0 Å². The van der Waals surface area contributed by atoms with Gasteiger partial charge in [0.05, 0.1) is 0 Å². The summed E-state index contributed by atoms with van der Waals surface area (Å²) in [5.74, 6) is 0.804. The summed E-state index contributed by atoms with van der Waals surface area (Å²) in [5, 5.41) is 3.65. The first kappa shape index (κ1) is 7.94. The Hall–Kier alpha value is -0.410. The van der Waals surface area contributed by atoms with Gasteiger partial charge >= 0.3 is 0 Å². The van der Waals surface area contributed by atoms with E-state index in [1.807, 2.05) is 6.20 Å². The van der Waals surface area contributed by atoms with E-state index in [1.165, 1.54) is 37.1 Å². The van der Waals surface area contributed by atoms with Crippen LogP contribution in [0.15, 0.2) is 12.3 Å². The van der Waals surface area contributed by atoms with Gasteiger partial charge in [0.15, 0.2) is 0 Å². The Morgan fingerprint density at radius 2 is 2.46 bits per heavy atom. The summed E-state index contributed by atoms with van der Waals surface area (Å²) in [6.07, 6.45) is 7.37. The van der Waals surface area contributed by atoms with Crippen molar-refractivity contribution in [2.75, 3.05) is 6.54 Å². The van der Waals surface area contributed by atoms with Crippen molar-refractivity contribution in [2.45, 2.75) is 37.1 Å². The fourth-order valence-corrected chi connectivity index (χ4v) is 3.42. The molecule has 1 N–H and O–H groups in total. The lowest BCUT2D eigenvalue weighted by Gasteiger charge is -2.45. The van der Waals surface area contributed by atoms with Crippen LogP contribution < -0.4 is 5.32 Å². The standard InChI is InChI=1S/C10H14N2S/c1-3-10(11-4-1)6-8(7-10)9-2-5-12-13-9/h2,5,8,11H,1,3-4,6-7H2. The van der Waals surface area contributed by atoms with Crippen molar-refractivity contribution in [1.29, 1.82) is 0 Å². The molecular formula is C10H14N2S. The Kier molecular flexibility index (Phi) is 1.70. The minimum atomic E-state index is 0.536. The molecule has 2 fully saturated rings. The van der Waals surface area contributed by atoms with Gasteiger partial charge in [-0.2, -0.15) is 0 Å². The van der Waals surface area contributed by atoms with Gasteiger partial charge in [0, 0.05) is 16.6 Å². The van der Waals surface area contributed by atoms with E-state index >= 15 is 0 Å². The van der Waals surface area contributed by atoms with E-state index in [0.29, 0.717) is 5.54 Å². The Balaban J connectivity index is 1.68. The highest BCUT2D eigenvalue weighted by Crippen LogP contribution is 2.49. The molecule has 1 saturated heterocycles. The van der Waals surface area contributed by atoms with Crippen molar-refractivity contribution in [2.24, 2.45) is 0 Å². The second-order valence-corrected chi connectivity index (χ2v) is 5.20. The SMILES string of the molecule is c1cc(C2CC3(CCCN3)C2)sn1. The van der Waals surface area contributed by atoms with Gasteiger partial charge in [-0.1, -0.05) is 0 Å². The first-order valence-electron chi connectivity index (χ1n) is 5.04. The quantitative estimate of drug-likeness (QED) is 0.741. The van der Waals surface area contributed by atoms with Crippen molar-refractivity contribution >= 4 is 11.5 Å². The third-order valence-corrected chi connectivity index (χ3v) is 4.37. The summed E-state index contributed by atoms with van der Waals surface area (Å²) in [6, 6.07) is 2.18. The Morgan fingerprint density at radius 3 is 3.08 bits per heavy atom. The van der Waals surface area contributed by atoms with E-state index < -0.39 is 0 Å². The maximum atomic E-state index is 4.16. The van der Waals surface area contributed by atoms with Crippen LogP contribution in [0, 0.1) is 0 Å². The number of aromatic nitrogens is 1. The van der Waals surface area contributed by atoms with Gasteiger partial charge in [-0.25, -0.2) is 4.37 Å². The van der Waals surface area contributed by atoms with Gasteiger partial charge in [0.25, 0.3) is 0 Å². The smallest absolute Gasteiger partial charge is 0.0409 e. The van der Waals surface area contributed by atoms with Crippen molar-refractivity contribution in [3.63, 3.8) is 0 Å². The van der Waals surface area contributed by atoms with Crippen molar-refractivity contribution in [1.82, 2.24) is 9.69 Å². The molecule has 2 nitrogen and oxygen atoms in total. The summed E-state index contributed by atoms with van der Waals surface area (Å²) in [6.45, 7) is 1.23. The molecule has 0 radical (unpaired) electrons. The molecular weight excluding hydrogens is 180 g/mol. The second kappa shape index (κ2) is 2.79. The molecule has 70 valence electrons. The minimum absolute atomic E-state index is 0.536.